The standard InChI is InChI=1S/C18H32N4O2/c19-16-6-3-5-15(13-16)18(24)22-10-4-7-20(11-12-22)14-17(23)21-8-1-2-9-21/h15-16H,1-14,19H2. The number of amides is 2. The fourth-order valence-electron chi connectivity index (χ4n) is 4.32. The molecule has 2 saturated heterocycles. The number of hydrogen-bond donors (Lipinski definition) is 1. The maximum absolute atomic E-state index is 12.8. The van der Waals surface area contributed by atoms with Crippen molar-refractivity contribution in [1.29, 1.82) is 0 Å². The molecular weight excluding hydrogens is 304 g/mol. The minimum atomic E-state index is 0.117. The third kappa shape index (κ3) is 4.48. The molecule has 0 aromatic heterocycles. The molecule has 3 aliphatic rings. The third-order valence-electron chi connectivity index (χ3n) is 5.78. The molecule has 2 aliphatic heterocycles. The predicted molar refractivity (Wildman–Crippen MR) is 93.4 cm³/mol. The first-order valence-electron chi connectivity index (χ1n) is 9.68. The summed E-state index contributed by atoms with van der Waals surface area (Å²) in [4.78, 5) is 31.3. The maximum Gasteiger partial charge on any atom is 0.236 e. The maximum atomic E-state index is 12.8. The van der Waals surface area contributed by atoms with Gasteiger partial charge in [0.25, 0.3) is 0 Å². The molecule has 2 atom stereocenters. The minimum Gasteiger partial charge on any atom is -0.342 e. The van der Waals surface area contributed by atoms with Crippen LogP contribution in [0.4, 0.5) is 0 Å². The number of nitrogens with zero attached hydrogens (tertiary/aromatic N) is 3. The van der Waals surface area contributed by atoms with E-state index in [0.717, 1.165) is 84.2 Å². The van der Waals surface area contributed by atoms with Crippen LogP contribution in [0.2, 0.25) is 0 Å². The summed E-state index contributed by atoms with van der Waals surface area (Å²) in [6.07, 6.45) is 7.18. The average Bonchev–Trinajstić information content (AvgIpc) is 3.02. The molecule has 3 fully saturated rings. The third-order valence-corrected chi connectivity index (χ3v) is 5.78. The van der Waals surface area contributed by atoms with E-state index in [-0.39, 0.29) is 23.8 Å². The van der Waals surface area contributed by atoms with Crippen molar-refractivity contribution in [3.05, 3.63) is 0 Å². The lowest BCUT2D eigenvalue weighted by atomic mass is 9.85. The van der Waals surface area contributed by atoms with E-state index in [9.17, 15) is 9.59 Å². The summed E-state index contributed by atoms with van der Waals surface area (Å²) in [6.45, 7) is 5.63. The number of carbonyl (C=O) groups excluding carboxylic acids is 2. The monoisotopic (exact) mass is 336 g/mol. The number of likely N-dealkylation sites (tertiary alicyclic amines) is 1. The lowest BCUT2D eigenvalue weighted by molar-refractivity contribution is -0.136. The van der Waals surface area contributed by atoms with Gasteiger partial charge in [0.05, 0.1) is 6.54 Å². The zero-order valence-electron chi connectivity index (χ0n) is 14.8. The molecule has 1 aliphatic carbocycles. The first kappa shape index (κ1) is 17.7. The zero-order chi connectivity index (χ0) is 16.9. The summed E-state index contributed by atoms with van der Waals surface area (Å²) >= 11 is 0. The summed E-state index contributed by atoms with van der Waals surface area (Å²) in [7, 11) is 0. The van der Waals surface area contributed by atoms with E-state index in [0.29, 0.717) is 6.54 Å². The smallest absolute Gasteiger partial charge is 0.236 e. The number of nitrogens with two attached hydrogens (primary N) is 1. The van der Waals surface area contributed by atoms with Gasteiger partial charge in [0, 0.05) is 51.2 Å². The molecule has 0 radical (unpaired) electrons. The Kier molecular flexibility index (Phi) is 6.11. The Hall–Kier alpha value is -1.14. The highest BCUT2D eigenvalue weighted by Crippen LogP contribution is 2.25. The molecule has 136 valence electrons. The van der Waals surface area contributed by atoms with Gasteiger partial charge in [0.1, 0.15) is 0 Å². The second-order valence-electron chi connectivity index (χ2n) is 7.67. The highest BCUT2D eigenvalue weighted by Gasteiger charge is 2.30. The van der Waals surface area contributed by atoms with Crippen molar-refractivity contribution in [2.45, 2.75) is 51.0 Å². The number of hydrogen-bond acceptors (Lipinski definition) is 4. The SMILES string of the molecule is NC1CCCC(C(=O)N2CCCN(CC(=O)N3CCCC3)CC2)C1. The lowest BCUT2D eigenvalue weighted by Gasteiger charge is -2.31. The molecule has 0 aromatic rings. The van der Waals surface area contributed by atoms with Crippen LogP contribution in [0.25, 0.3) is 0 Å². The summed E-state index contributed by atoms with van der Waals surface area (Å²) in [5, 5.41) is 0. The van der Waals surface area contributed by atoms with Crippen molar-refractivity contribution < 1.29 is 9.59 Å². The van der Waals surface area contributed by atoms with Gasteiger partial charge < -0.3 is 15.5 Å². The average molecular weight is 336 g/mol. The van der Waals surface area contributed by atoms with Crippen LogP contribution in [0.1, 0.15) is 44.9 Å². The topological polar surface area (TPSA) is 69.9 Å². The van der Waals surface area contributed by atoms with Crippen molar-refractivity contribution in [1.82, 2.24) is 14.7 Å². The highest BCUT2D eigenvalue weighted by atomic mass is 16.2. The minimum absolute atomic E-state index is 0.117. The van der Waals surface area contributed by atoms with E-state index in [1.807, 2.05) is 9.80 Å². The van der Waals surface area contributed by atoms with Gasteiger partial charge in [-0.15, -0.1) is 0 Å². The first-order chi connectivity index (χ1) is 11.6. The van der Waals surface area contributed by atoms with E-state index in [2.05, 4.69) is 4.90 Å². The Morgan fingerprint density at radius 2 is 1.58 bits per heavy atom. The second-order valence-corrected chi connectivity index (χ2v) is 7.67. The van der Waals surface area contributed by atoms with E-state index in [4.69, 9.17) is 5.73 Å². The van der Waals surface area contributed by atoms with E-state index >= 15 is 0 Å². The van der Waals surface area contributed by atoms with Crippen molar-refractivity contribution in [3.63, 3.8) is 0 Å². The quantitative estimate of drug-likeness (QED) is 0.822. The van der Waals surface area contributed by atoms with E-state index in [1.165, 1.54) is 0 Å². The van der Waals surface area contributed by atoms with Crippen molar-refractivity contribution in [2.75, 3.05) is 45.8 Å². The fourth-order valence-corrected chi connectivity index (χ4v) is 4.32. The molecule has 2 N–H and O–H groups in total. The molecule has 0 bridgehead atoms. The summed E-state index contributed by atoms with van der Waals surface area (Å²) in [5.41, 5.74) is 6.04. The summed E-state index contributed by atoms with van der Waals surface area (Å²) in [5.74, 6) is 0.662. The van der Waals surface area contributed by atoms with Crippen LogP contribution in [-0.4, -0.2) is 78.4 Å². The van der Waals surface area contributed by atoms with Crippen LogP contribution < -0.4 is 5.73 Å². The van der Waals surface area contributed by atoms with E-state index in [1.54, 1.807) is 0 Å². The zero-order valence-corrected chi connectivity index (χ0v) is 14.8. The van der Waals surface area contributed by atoms with Gasteiger partial charge in [0.15, 0.2) is 0 Å². The predicted octanol–water partition coefficient (Wildman–Crippen LogP) is 0.661. The Morgan fingerprint density at radius 3 is 2.33 bits per heavy atom. The van der Waals surface area contributed by atoms with Gasteiger partial charge in [-0.3, -0.25) is 14.5 Å². The molecule has 6 heteroatoms. The molecule has 3 rings (SSSR count). The van der Waals surface area contributed by atoms with Crippen molar-refractivity contribution in [3.8, 4) is 0 Å². The van der Waals surface area contributed by atoms with Crippen LogP contribution in [0.15, 0.2) is 0 Å². The summed E-state index contributed by atoms with van der Waals surface area (Å²) < 4.78 is 0. The van der Waals surface area contributed by atoms with Gasteiger partial charge in [-0.1, -0.05) is 6.42 Å². The Morgan fingerprint density at radius 1 is 0.833 bits per heavy atom. The van der Waals surface area contributed by atoms with Crippen LogP contribution in [0, 0.1) is 5.92 Å². The van der Waals surface area contributed by atoms with Crippen LogP contribution in [0.5, 0.6) is 0 Å². The Bertz CT molecular complexity index is 450. The normalized spacial score (nSPS) is 29.5. The van der Waals surface area contributed by atoms with Gasteiger partial charge in [-0.25, -0.2) is 0 Å². The van der Waals surface area contributed by atoms with Gasteiger partial charge in [-0.2, -0.15) is 0 Å². The molecule has 24 heavy (non-hydrogen) atoms. The molecule has 0 aromatic carbocycles. The van der Waals surface area contributed by atoms with Gasteiger partial charge >= 0.3 is 0 Å². The van der Waals surface area contributed by atoms with Gasteiger partial charge in [0.2, 0.25) is 11.8 Å². The van der Waals surface area contributed by atoms with Crippen LogP contribution >= 0.6 is 0 Å². The highest BCUT2D eigenvalue weighted by molar-refractivity contribution is 5.79. The van der Waals surface area contributed by atoms with Crippen LogP contribution in [-0.2, 0) is 9.59 Å². The molecule has 6 nitrogen and oxygen atoms in total. The number of carbonyl (C=O) groups is 2. The van der Waals surface area contributed by atoms with Crippen molar-refractivity contribution in [2.24, 2.45) is 11.7 Å². The van der Waals surface area contributed by atoms with Crippen LogP contribution in [0.3, 0.4) is 0 Å². The van der Waals surface area contributed by atoms with Gasteiger partial charge in [-0.05, 0) is 38.5 Å². The largest absolute Gasteiger partial charge is 0.342 e. The number of rotatable bonds is 3. The fraction of sp³-hybridized carbons (Fsp3) is 0.889. The second kappa shape index (κ2) is 8.30. The van der Waals surface area contributed by atoms with Crippen molar-refractivity contribution >= 4 is 11.8 Å². The first-order valence-corrected chi connectivity index (χ1v) is 9.68. The molecule has 2 amide bonds. The summed E-state index contributed by atoms with van der Waals surface area (Å²) in [6, 6.07) is 0.189. The lowest BCUT2D eigenvalue weighted by Crippen LogP contribution is -2.43. The molecule has 0 spiro atoms. The Labute approximate surface area is 145 Å². The Balaban J connectivity index is 1.47. The molecule has 2 heterocycles. The molecule has 1 saturated carbocycles. The van der Waals surface area contributed by atoms with E-state index < -0.39 is 0 Å². The molecular formula is C18H32N4O2. The molecule has 2 unspecified atom stereocenters.